The summed E-state index contributed by atoms with van der Waals surface area (Å²) in [5, 5.41) is 5.94. The molecule has 1 aliphatic carbocycles. The topological polar surface area (TPSA) is 67.1 Å². The molecule has 90 valence electrons. The van der Waals surface area contributed by atoms with E-state index in [1.165, 1.54) is 0 Å². The molecule has 0 bridgehead atoms. The van der Waals surface area contributed by atoms with E-state index in [9.17, 15) is 4.79 Å². The van der Waals surface area contributed by atoms with Crippen LogP contribution in [0, 0.1) is 0 Å². The van der Waals surface area contributed by atoms with E-state index in [0.717, 1.165) is 12.8 Å². The fourth-order valence-corrected chi connectivity index (χ4v) is 1.64. The molecular formula is C11H12ClN3OS. The monoisotopic (exact) mass is 269 g/mol. The van der Waals surface area contributed by atoms with Crippen LogP contribution in [0.25, 0.3) is 0 Å². The first-order chi connectivity index (χ1) is 8.06. The van der Waals surface area contributed by atoms with Gasteiger partial charge in [0.05, 0.1) is 10.7 Å². The molecule has 0 unspecified atom stereocenters. The van der Waals surface area contributed by atoms with Crippen LogP contribution in [0.4, 0.5) is 10.5 Å². The summed E-state index contributed by atoms with van der Waals surface area (Å²) in [5.41, 5.74) is 6.70. The van der Waals surface area contributed by atoms with Gasteiger partial charge in [-0.25, -0.2) is 4.79 Å². The zero-order valence-corrected chi connectivity index (χ0v) is 10.6. The van der Waals surface area contributed by atoms with Crippen molar-refractivity contribution >= 4 is 40.5 Å². The van der Waals surface area contributed by atoms with Crippen molar-refractivity contribution in [2.45, 2.75) is 18.9 Å². The van der Waals surface area contributed by atoms with Crippen LogP contribution in [-0.4, -0.2) is 17.1 Å². The molecule has 6 heteroatoms. The van der Waals surface area contributed by atoms with Crippen LogP contribution in [0.15, 0.2) is 18.2 Å². The summed E-state index contributed by atoms with van der Waals surface area (Å²) in [5.74, 6) is 0. The van der Waals surface area contributed by atoms with E-state index in [1.807, 2.05) is 0 Å². The summed E-state index contributed by atoms with van der Waals surface area (Å²) in [4.78, 5) is 11.8. The van der Waals surface area contributed by atoms with Gasteiger partial charge in [0.1, 0.15) is 4.99 Å². The number of halogens is 1. The van der Waals surface area contributed by atoms with Crippen LogP contribution >= 0.6 is 23.8 Å². The Morgan fingerprint density at radius 3 is 2.76 bits per heavy atom. The van der Waals surface area contributed by atoms with Crippen molar-refractivity contribution in [2.24, 2.45) is 5.73 Å². The molecule has 0 saturated heterocycles. The van der Waals surface area contributed by atoms with E-state index < -0.39 is 0 Å². The number of nitrogens with one attached hydrogen (secondary N) is 2. The van der Waals surface area contributed by atoms with Gasteiger partial charge in [-0.05, 0) is 25.0 Å². The molecule has 0 spiro atoms. The van der Waals surface area contributed by atoms with Crippen LogP contribution in [0.1, 0.15) is 18.4 Å². The van der Waals surface area contributed by atoms with Crippen LogP contribution < -0.4 is 16.4 Å². The summed E-state index contributed by atoms with van der Waals surface area (Å²) in [6, 6.07) is 5.08. The molecular weight excluding hydrogens is 258 g/mol. The summed E-state index contributed by atoms with van der Waals surface area (Å²) in [6.07, 6.45) is 2.07. The first-order valence-corrected chi connectivity index (χ1v) is 6.02. The second kappa shape index (κ2) is 4.89. The normalized spacial score (nSPS) is 14.2. The number of urea groups is 1. The maximum absolute atomic E-state index is 11.6. The number of carbonyl (C=O) groups excluding carboxylic acids is 1. The fourth-order valence-electron chi connectivity index (χ4n) is 1.35. The third-order valence-corrected chi connectivity index (χ3v) is 2.98. The van der Waals surface area contributed by atoms with Crippen molar-refractivity contribution in [3.05, 3.63) is 28.8 Å². The number of hydrogen-bond acceptors (Lipinski definition) is 2. The molecule has 4 nitrogen and oxygen atoms in total. The Kier molecular flexibility index (Phi) is 3.49. The Balaban J connectivity index is 2.09. The van der Waals surface area contributed by atoms with Gasteiger partial charge in [-0.2, -0.15) is 0 Å². The van der Waals surface area contributed by atoms with Gasteiger partial charge in [0, 0.05) is 11.6 Å². The quantitative estimate of drug-likeness (QED) is 0.738. The van der Waals surface area contributed by atoms with Gasteiger partial charge in [0.15, 0.2) is 0 Å². The highest BCUT2D eigenvalue weighted by molar-refractivity contribution is 7.80. The van der Waals surface area contributed by atoms with Gasteiger partial charge < -0.3 is 16.4 Å². The van der Waals surface area contributed by atoms with Gasteiger partial charge in [0.25, 0.3) is 0 Å². The molecule has 2 rings (SSSR count). The lowest BCUT2D eigenvalue weighted by molar-refractivity contribution is 0.251. The Morgan fingerprint density at radius 1 is 1.47 bits per heavy atom. The molecule has 1 fully saturated rings. The zero-order chi connectivity index (χ0) is 12.4. The van der Waals surface area contributed by atoms with Crippen molar-refractivity contribution in [3.63, 3.8) is 0 Å². The smallest absolute Gasteiger partial charge is 0.319 e. The van der Waals surface area contributed by atoms with Crippen LogP contribution in [0.2, 0.25) is 5.02 Å². The third-order valence-electron chi connectivity index (χ3n) is 2.41. The number of hydrogen-bond donors (Lipinski definition) is 3. The Labute approximate surface area is 110 Å². The maximum atomic E-state index is 11.6. The average molecular weight is 270 g/mol. The van der Waals surface area contributed by atoms with Crippen molar-refractivity contribution < 1.29 is 4.79 Å². The largest absolute Gasteiger partial charge is 0.389 e. The van der Waals surface area contributed by atoms with Gasteiger partial charge in [0.2, 0.25) is 0 Å². The lowest BCUT2D eigenvalue weighted by Crippen LogP contribution is -2.30. The molecule has 0 radical (unpaired) electrons. The average Bonchev–Trinajstić information content (AvgIpc) is 3.04. The molecule has 2 amide bonds. The molecule has 0 heterocycles. The number of anilines is 1. The first-order valence-electron chi connectivity index (χ1n) is 5.23. The molecule has 1 aliphatic rings. The van der Waals surface area contributed by atoms with Gasteiger partial charge in [-0.15, -0.1) is 0 Å². The minimum atomic E-state index is -0.255. The first kappa shape index (κ1) is 12.1. The van der Waals surface area contributed by atoms with E-state index in [0.29, 0.717) is 22.3 Å². The molecule has 0 atom stereocenters. The second-order valence-electron chi connectivity index (χ2n) is 3.93. The summed E-state index contributed by atoms with van der Waals surface area (Å²) in [6.45, 7) is 0. The number of nitrogens with two attached hydrogens (primary N) is 1. The summed E-state index contributed by atoms with van der Waals surface area (Å²) >= 11 is 10.8. The van der Waals surface area contributed by atoms with E-state index in [-0.39, 0.29) is 11.0 Å². The van der Waals surface area contributed by atoms with Crippen LogP contribution in [-0.2, 0) is 0 Å². The van der Waals surface area contributed by atoms with Crippen molar-refractivity contribution in [3.8, 4) is 0 Å². The number of benzene rings is 1. The van der Waals surface area contributed by atoms with Gasteiger partial charge in [-0.1, -0.05) is 29.9 Å². The van der Waals surface area contributed by atoms with Crippen molar-refractivity contribution in [1.29, 1.82) is 0 Å². The van der Waals surface area contributed by atoms with Crippen molar-refractivity contribution in [1.82, 2.24) is 5.32 Å². The lowest BCUT2D eigenvalue weighted by atomic mass is 10.2. The predicted molar refractivity (Wildman–Crippen MR) is 72.5 cm³/mol. The highest BCUT2D eigenvalue weighted by Crippen LogP contribution is 2.24. The Bertz CT molecular complexity index is 474. The third kappa shape index (κ3) is 3.31. The SMILES string of the molecule is NC(=S)c1ccc(Cl)c(NC(=O)NC2CC2)c1. The van der Waals surface area contributed by atoms with Crippen LogP contribution in [0.3, 0.4) is 0 Å². The van der Waals surface area contributed by atoms with E-state index >= 15 is 0 Å². The zero-order valence-electron chi connectivity index (χ0n) is 9.00. The molecule has 17 heavy (non-hydrogen) atoms. The lowest BCUT2D eigenvalue weighted by Gasteiger charge is -2.09. The van der Waals surface area contributed by atoms with Gasteiger partial charge in [-0.3, -0.25) is 0 Å². The standard InChI is InChI=1S/C11H12ClN3OS/c12-8-4-1-6(10(13)17)5-9(8)15-11(16)14-7-2-3-7/h1,4-5,7H,2-3H2,(H2,13,17)(H2,14,15,16). The minimum absolute atomic E-state index is 0.255. The van der Waals surface area contributed by atoms with Crippen LogP contribution in [0.5, 0.6) is 0 Å². The molecule has 1 aromatic carbocycles. The minimum Gasteiger partial charge on any atom is -0.389 e. The number of carbonyl (C=O) groups is 1. The molecule has 0 aromatic heterocycles. The number of amides is 2. The predicted octanol–water partition coefficient (Wildman–Crippen LogP) is 2.26. The van der Waals surface area contributed by atoms with Gasteiger partial charge >= 0.3 is 6.03 Å². The summed E-state index contributed by atoms with van der Waals surface area (Å²) in [7, 11) is 0. The molecule has 0 aliphatic heterocycles. The Hall–Kier alpha value is -1.33. The molecule has 4 N–H and O–H groups in total. The Morgan fingerprint density at radius 2 is 2.18 bits per heavy atom. The number of rotatable bonds is 3. The fraction of sp³-hybridized carbons (Fsp3) is 0.273. The molecule has 1 saturated carbocycles. The van der Waals surface area contributed by atoms with Crippen molar-refractivity contribution in [2.75, 3.05) is 5.32 Å². The van der Waals surface area contributed by atoms with E-state index in [1.54, 1.807) is 18.2 Å². The highest BCUT2D eigenvalue weighted by Gasteiger charge is 2.23. The maximum Gasteiger partial charge on any atom is 0.319 e. The van der Waals surface area contributed by atoms with E-state index in [2.05, 4.69) is 10.6 Å². The second-order valence-corrected chi connectivity index (χ2v) is 4.78. The number of thiocarbonyl (C=S) groups is 1. The highest BCUT2D eigenvalue weighted by atomic mass is 35.5. The summed E-state index contributed by atoms with van der Waals surface area (Å²) < 4.78 is 0. The molecule has 1 aromatic rings. The van der Waals surface area contributed by atoms with E-state index in [4.69, 9.17) is 29.6 Å².